The number of terminal acetylenes is 1. The maximum Gasteiger partial charge on any atom is 0.148 e. The first kappa shape index (κ1) is 14.5. The highest BCUT2D eigenvalue weighted by atomic mass is 79.9. The summed E-state index contributed by atoms with van der Waals surface area (Å²) >= 11 is 3.49. The summed E-state index contributed by atoms with van der Waals surface area (Å²) < 4.78 is 6.33. The summed E-state index contributed by atoms with van der Waals surface area (Å²) in [7, 11) is 0. The minimum atomic E-state index is 0.277. The summed E-state index contributed by atoms with van der Waals surface area (Å²) in [6.45, 7) is 3.12. The van der Waals surface area contributed by atoms with Crippen LogP contribution in [0.1, 0.15) is 11.1 Å². The molecule has 2 nitrogen and oxygen atoms in total. The third-order valence-corrected chi connectivity index (χ3v) is 3.48. The smallest absolute Gasteiger partial charge is 0.148 e. The highest BCUT2D eigenvalue weighted by molar-refractivity contribution is 9.10. The molecule has 2 aromatic carbocycles. The van der Waals surface area contributed by atoms with Gasteiger partial charge in [0.15, 0.2) is 0 Å². The average molecular weight is 330 g/mol. The highest BCUT2D eigenvalue weighted by Crippen LogP contribution is 2.26. The van der Waals surface area contributed by atoms with Gasteiger partial charge in [-0.1, -0.05) is 29.7 Å². The van der Waals surface area contributed by atoms with Gasteiger partial charge >= 0.3 is 0 Å². The molecule has 0 saturated heterocycles. The Balaban J connectivity index is 1.98. The van der Waals surface area contributed by atoms with Crippen molar-refractivity contribution in [1.82, 2.24) is 0 Å². The number of hydrogen-bond donors (Lipinski definition) is 1. The van der Waals surface area contributed by atoms with E-state index < -0.39 is 0 Å². The second kappa shape index (κ2) is 7.02. The van der Waals surface area contributed by atoms with Crippen LogP contribution in [0.25, 0.3) is 0 Å². The van der Waals surface area contributed by atoms with Crippen LogP contribution in [0.3, 0.4) is 0 Å². The van der Waals surface area contributed by atoms with Crippen molar-refractivity contribution in [2.45, 2.75) is 13.5 Å². The number of halogens is 1. The van der Waals surface area contributed by atoms with E-state index in [1.165, 1.54) is 11.1 Å². The van der Waals surface area contributed by atoms with Crippen LogP contribution in [0.2, 0.25) is 0 Å². The Hall–Kier alpha value is -1.92. The Morgan fingerprint density at radius 3 is 2.60 bits per heavy atom. The lowest BCUT2D eigenvalue weighted by molar-refractivity contribution is 0.368. The Labute approximate surface area is 128 Å². The quantitative estimate of drug-likeness (QED) is 0.822. The van der Waals surface area contributed by atoms with Crippen LogP contribution < -0.4 is 10.1 Å². The Morgan fingerprint density at radius 1 is 1.20 bits per heavy atom. The monoisotopic (exact) mass is 329 g/mol. The van der Waals surface area contributed by atoms with Gasteiger partial charge in [0, 0.05) is 12.2 Å². The highest BCUT2D eigenvalue weighted by Gasteiger charge is 2.02. The normalized spacial score (nSPS) is 9.85. The van der Waals surface area contributed by atoms with E-state index in [-0.39, 0.29) is 6.61 Å². The molecule has 0 aromatic heterocycles. The number of rotatable bonds is 5. The summed E-state index contributed by atoms with van der Waals surface area (Å²) in [5.41, 5.74) is 3.54. The summed E-state index contributed by atoms with van der Waals surface area (Å²) in [6, 6.07) is 14.3. The van der Waals surface area contributed by atoms with Gasteiger partial charge in [-0.2, -0.15) is 0 Å². The third-order valence-electron chi connectivity index (χ3n) is 2.86. The van der Waals surface area contributed by atoms with Crippen LogP contribution in [0.5, 0.6) is 5.75 Å². The average Bonchev–Trinajstić information content (AvgIpc) is 2.46. The van der Waals surface area contributed by atoms with E-state index >= 15 is 0 Å². The molecule has 20 heavy (non-hydrogen) atoms. The SMILES string of the molecule is C#CCOc1ccc(CNc2ccc(C)cc2)cc1Br. The van der Waals surface area contributed by atoms with Crippen LogP contribution in [0.15, 0.2) is 46.9 Å². The molecule has 0 saturated carbocycles. The predicted molar refractivity (Wildman–Crippen MR) is 87.0 cm³/mol. The van der Waals surface area contributed by atoms with Gasteiger partial charge in [0.1, 0.15) is 12.4 Å². The zero-order chi connectivity index (χ0) is 14.4. The molecule has 2 aromatic rings. The molecule has 102 valence electrons. The first-order valence-electron chi connectivity index (χ1n) is 6.34. The topological polar surface area (TPSA) is 21.3 Å². The van der Waals surface area contributed by atoms with E-state index in [9.17, 15) is 0 Å². The molecular weight excluding hydrogens is 314 g/mol. The Kier molecular flexibility index (Phi) is 5.09. The maximum absolute atomic E-state index is 5.41. The van der Waals surface area contributed by atoms with Crippen molar-refractivity contribution in [3.05, 3.63) is 58.1 Å². The number of benzene rings is 2. The number of anilines is 1. The zero-order valence-corrected chi connectivity index (χ0v) is 12.9. The number of aryl methyl sites for hydroxylation is 1. The lowest BCUT2D eigenvalue weighted by atomic mass is 10.2. The lowest BCUT2D eigenvalue weighted by Crippen LogP contribution is -2.00. The molecule has 0 amide bonds. The minimum absolute atomic E-state index is 0.277. The number of ether oxygens (including phenoxy) is 1. The van der Waals surface area contributed by atoms with Crippen molar-refractivity contribution in [1.29, 1.82) is 0 Å². The fourth-order valence-corrected chi connectivity index (χ4v) is 2.31. The van der Waals surface area contributed by atoms with Crippen molar-refractivity contribution in [2.75, 3.05) is 11.9 Å². The zero-order valence-electron chi connectivity index (χ0n) is 11.3. The maximum atomic E-state index is 5.41. The van der Waals surface area contributed by atoms with Gasteiger partial charge < -0.3 is 10.1 Å². The van der Waals surface area contributed by atoms with Crippen molar-refractivity contribution in [2.24, 2.45) is 0 Å². The molecule has 0 heterocycles. The van der Waals surface area contributed by atoms with Crippen LogP contribution in [0.4, 0.5) is 5.69 Å². The Morgan fingerprint density at radius 2 is 1.95 bits per heavy atom. The molecule has 1 N–H and O–H groups in total. The number of nitrogens with one attached hydrogen (secondary N) is 1. The molecule has 0 atom stereocenters. The molecule has 0 bridgehead atoms. The van der Waals surface area contributed by atoms with Crippen molar-refractivity contribution in [3.63, 3.8) is 0 Å². The van der Waals surface area contributed by atoms with E-state index in [2.05, 4.69) is 58.4 Å². The molecule has 3 heteroatoms. The fraction of sp³-hybridized carbons (Fsp3) is 0.176. The summed E-state index contributed by atoms with van der Waals surface area (Å²) in [5, 5.41) is 3.38. The van der Waals surface area contributed by atoms with Crippen molar-refractivity contribution in [3.8, 4) is 18.1 Å². The van der Waals surface area contributed by atoms with Crippen LogP contribution in [0, 0.1) is 19.3 Å². The lowest BCUT2D eigenvalue weighted by Gasteiger charge is -2.10. The van der Waals surface area contributed by atoms with E-state index in [0.717, 1.165) is 22.5 Å². The first-order valence-corrected chi connectivity index (χ1v) is 7.13. The molecule has 0 aliphatic rings. The fourth-order valence-electron chi connectivity index (χ4n) is 1.77. The van der Waals surface area contributed by atoms with Gasteiger partial charge in [-0.05, 0) is 52.7 Å². The molecular formula is C17H16BrNO. The molecule has 0 aliphatic carbocycles. The Bertz CT molecular complexity index is 614. The van der Waals surface area contributed by atoms with Gasteiger partial charge in [0.2, 0.25) is 0 Å². The predicted octanol–water partition coefficient (Wildman–Crippen LogP) is 4.38. The summed E-state index contributed by atoms with van der Waals surface area (Å²) in [5.74, 6) is 3.22. The van der Waals surface area contributed by atoms with Gasteiger partial charge in [-0.25, -0.2) is 0 Å². The standard InChI is InChI=1S/C17H16BrNO/c1-3-10-20-17-9-6-14(11-16(17)18)12-19-15-7-4-13(2)5-8-15/h1,4-9,11,19H,10,12H2,2H3. The van der Waals surface area contributed by atoms with Gasteiger partial charge in [-0.15, -0.1) is 6.42 Å². The largest absolute Gasteiger partial charge is 0.480 e. The minimum Gasteiger partial charge on any atom is -0.480 e. The van der Waals surface area contributed by atoms with Gasteiger partial charge in [-0.3, -0.25) is 0 Å². The molecule has 0 aliphatic heterocycles. The molecule has 0 spiro atoms. The van der Waals surface area contributed by atoms with Crippen molar-refractivity contribution < 1.29 is 4.74 Å². The van der Waals surface area contributed by atoms with Gasteiger partial charge in [0.05, 0.1) is 4.47 Å². The van der Waals surface area contributed by atoms with Crippen LogP contribution in [-0.2, 0) is 6.54 Å². The number of hydrogen-bond acceptors (Lipinski definition) is 2. The second-order valence-corrected chi connectivity index (χ2v) is 5.33. The summed E-state index contributed by atoms with van der Waals surface area (Å²) in [6.07, 6.45) is 5.18. The van der Waals surface area contributed by atoms with E-state index in [1.54, 1.807) is 0 Å². The molecule has 0 unspecified atom stereocenters. The van der Waals surface area contributed by atoms with E-state index in [1.807, 2.05) is 18.2 Å². The van der Waals surface area contributed by atoms with E-state index in [0.29, 0.717) is 0 Å². The third kappa shape index (κ3) is 4.04. The van der Waals surface area contributed by atoms with Crippen LogP contribution in [-0.4, -0.2) is 6.61 Å². The van der Waals surface area contributed by atoms with Crippen LogP contribution >= 0.6 is 15.9 Å². The van der Waals surface area contributed by atoms with E-state index in [4.69, 9.17) is 11.2 Å². The second-order valence-electron chi connectivity index (χ2n) is 4.48. The summed E-state index contributed by atoms with van der Waals surface area (Å²) in [4.78, 5) is 0. The first-order chi connectivity index (χ1) is 9.69. The molecule has 0 fully saturated rings. The van der Waals surface area contributed by atoms with Gasteiger partial charge in [0.25, 0.3) is 0 Å². The van der Waals surface area contributed by atoms with Crippen molar-refractivity contribution >= 4 is 21.6 Å². The molecule has 0 radical (unpaired) electrons. The molecule has 2 rings (SSSR count).